The summed E-state index contributed by atoms with van der Waals surface area (Å²) in [5.74, 6) is 0. The standard InChI is InChI=1S/C17H18OS/c1-2-3-14-18-17(15-10-6-4-7-11-15)19-16-12-8-5-9-13-16/h2-13,17H,14H2,1H3/b3-2+. The zero-order valence-electron chi connectivity index (χ0n) is 11.0. The van der Waals surface area contributed by atoms with Crippen LogP contribution in [-0.4, -0.2) is 6.61 Å². The molecule has 0 aliphatic heterocycles. The molecule has 19 heavy (non-hydrogen) atoms. The molecule has 0 aliphatic carbocycles. The third-order valence-electron chi connectivity index (χ3n) is 2.64. The smallest absolute Gasteiger partial charge is 0.133 e. The molecule has 1 nitrogen and oxygen atoms in total. The molecule has 2 heteroatoms. The van der Waals surface area contributed by atoms with Gasteiger partial charge in [-0.25, -0.2) is 0 Å². The van der Waals surface area contributed by atoms with E-state index < -0.39 is 0 Å². The molecule has 2 aromatic carbocycles. The predicted molar refractivity (Wildman–Crippen MR) is 82.2 cm³/mol. The Hall–Kier alpha value is -1.51. The number of thioether (sulfide) groups is 1. The van der Waals surface area contributed by atoms with Crippen LogP contribution in [0.4, 0.5) is 0 Å². The molecule has 2 rings (SSSR count). The van der Waals surface area contributed by atoms with Crippen LogP contribution >= 0.6 is 11.8 Å². The highest BCUT2D eigenvalue weighted by atomic mass is 32.2. The maximum absolute atomic E-state index is 5.95. The second-order valence-electron chi connectivity index (χ2n) is 4.08. The molecule has 0 saturated carbocycles. The molecule has 0 heterocycles. The second-order valence-corrected chi connectivity index (χ2v) is 5.21. The van der Waals surface area contributed by atoms with Crippen LogP contribution in [0.15, 0.2) is 77.7 Å². The van der Waals surface area contributed by atoms with Crippen molar-refractivity contribution in [3.8, 4) is 0 Å². The summed E-state index contributed by atoms with van der Waals surface area (Å²) in [7, 11) is 0. The molecule has 0 aliphatic rings. The van der Waals surface area contributed by atoms with Crippen molar-refractivity contribution in [3.05, 3.63) is 78.4 Å². The highest BCUT2D eigenvalue weighted by Gasteiger charge is 2.12. The molecule has 0 amide bonds. The van der Waals surface area contributed by atoms with Gasteiger partial charge in [0.1, 0.15) is 5.44 Å². The minimum atomic E-state index is 0.0276. The molecule has 0 bridgehead atoms. The highest BCUT2D eigenvalue weighted by molar-refractivity contribution is 7.99. The van der Waals surface area contributed by atoms with Crippen molar-refractivity contribution in [1.82, 2.24) is 0 Å². The molecule has 1 atom stereocenters. The van der Waals surface area contributed by atoms with E-state index in [0.717, 1.165) is 0 Å². The van der Waals surface area contributed by atoms with Crippen LogP contribution < -0.4 is 0 Å². The Labute approximate surface area is 119 Å². The van der Waals surface area contributed by atoms with Crippen molar-refractivity contribution in [1.29, 1.82) is 0 Å². The molecule has 0 saturated heterocycles. The molecular weight excluding hydrogens is 252 g/mol. The highest BCUT2D eigenvalue weighted by Crippen LogP contribution is 2.35. The molecule has 1 unspecified atom stereocenters. The molecular formula is C17H18OS. The Bertz CT molecular complexity index is 493. The van der Waals surface area contributed by atoms with Crippen LogP contribution in [0, 0.1) is 0 Å². The summed E-state index contributed by atoms with van der Waals surface area (Å²) in [5.41, 5.74) is 1.22. The Kier molecular flexibility index (Phi) is 5.73. The van der Waals surface area contributed by atoms with Gasteiger partial charge in [-0.05, 0) is 24.6 Å². The van der Waals surface area contributed by atoms with Crippen molar-refractivity contribution in [2.24, 2.45) is 0 Å². The minimum absolute atomic E-state index is 0.0276. The SMILES string of the molecule is C/C=C/COC(Sc1ccccc1)c1ccccc1. The number of hydrogen-bond donors (Lipinski definition) is 0. The van der Waals surface area contributed by atoms with Gasteiger partial charge in [-0.2, -0.15) is 0 Å². The maximum Gasteiger partial charge on any atom is 0.133 e. The Morgan fingerprint density at radius 2 is 1.63 bits per heavy atom. The summed E-state index contributed by atoms with van der Waals surface area (Å²) < 4.78 is 5.95. The van der Waals surface area contributed by atoms with E-state index in [1.807, 2.05) is 43.3 Å². The first kappa shape index (κ1) is 13.9. The van der Waals surface area contributed by atoms with Gasteiger partial charge in [0.05, 0.1) is 6.61 Å². The average Bonchev–Trinajstić information content (AvgIpc) is 2.48. The summed E-state index contributed by atoms with van der Waals surface area (Å²) in [6.45, 7) is 2.64. The predicted octanol–water partition coefficient (Wildman–Crippen LogP) is 5.07. The van der Waals surface area contributed by atoms with Crippen molar-refractivity contribution in [3.63, 3.8) is 0 Å². The van der Waals surface area contributed by atoms with Crippen LogP contribution in [0.2, 0.25) is 0 Å². The lowest BCUT2D eigenvalue weighted by Gasteiger charge is -2.17. The lowest BCUT2D eigenvalue weighted by atomic mass is 10.2. The van der Waals surface area contributed by atoms with E-state index in [0.29, 0.717) is 6.61 Å². The van der Waals surface area contributed by atoms with Crippen LogP contribution in [-0.2, 0) is 4.74 Å². The molecule has 0 aromatic heterocycles. The topological polar surface area (TPSA) is 9.23 Å². The van der Waals surface area contributed by atoms with Crippen molar-refractivity contribution < 1.29 is 4.74 Å². The van der Waals surface area contributed by atoms with E-state index in [1.165, 1.54) is 10.5 Å². The minimum Gasteiger partial charge on any atom is -0.358 e. The van der Waals surface area contributed by atoms with Gasteiger partial charge >= 0.3 is 0 Å². The summed E-state index contributed by atoms with van der Waals surface area (Å²) in [6.07, 6.45) is 4.04. The van der Waals surface area contributed by atoms with E-state index >= 15 is 0 Å². The summed E-state index contributed by atoms with van der Waals surface area (Å²) in [4.78, 5) is 1.22. The fourth-order valence-corrected chi connectivity index (χ4v) is 2.67. The third kappa shape index (κ3) is 4.58. The molecule has 0 spiro atoms. The number of allylic oxidation sites excluding steroid dienone is 1. The zero-order chi connectivity index (χ0) is 13.3. The Morgan fingerprint density at radius 3 is 2.26 bits per heavy atom. The molecule has 0 radical (unpaired) electrons. The number of benzene rings is 2. The Balaban J connectivity index is 2.10. The second kappa shape index (κ2) is 7.82. The van der Waals surface area contributed by atoms with E-state index in [-0.39, 0.29) is 5.44 Å². The Morgan fingerprint density at radius 1 is 1.00 bits per heavy atom. The van der Waals surface area contributed by atoms with Crippen LogP contribution in [0.25, 0.3) is 0 Å². The largest absolute Gasteiger partial charge is 0.358 e. The van der Waals surface area contributed by atoms with E-state index in [9.17, 15) is 0 Å². The van der Waals surface area contributed by atoms with Gasteiger partial charge in [-0.15, -0.1) is 0 Å². The molecule has 2 aromatic rings. The summed E-state index contributed by atoms with van der Waals surface area (Å²) >= 11 is 1.74. The van der Waals surface area contributed by atoms with Crippen molar-refractivity contribution in [2.45, 2.75) is 17.3 Å². The number of hydrogen-bond acceptors (Lipinski definition) is 2. The number of ether oxygens (including phenoxy) is 1. The van der Waals surface area contributed by atoms with Gasteiger partial charge in [-0.3, -0.25) is 0 Å². The molecule has 0 fully saturated rings. The number of rotatable bonds is 6. The van der Waals surface area contributed by atoms with Crippen LogP contribution in [0.3, 0.4) is 0 Å². The van der Waals surface area contributed by atoms with E-state index in [2.05, 4.69) is 36.4 Å². The van der Waals surface area contributed by atoms with Crippen molar-refractivity contribution >= 4 is 11.8 Å². The van der Waals surface area contributed by atoms with Crippen LogP contribution in [0.1, 0.15) is 17.9 Å². The first-order chi connectivity index (χ1) is 9.40. The third-order valence-corrected chi connectivity index (χ3v) is 3.80. The normalized spacial score (nSPS) is 12.7. The van der Waals surface area contributed by atoms with Gasteiger partial charge in [0.2, 0.25) is 0 Å². The fourth-order valence-electron chi connectivity index (χ4n) is 1.67. The van der Waals surface area contributed by atoms with Gasteiger partial charge in [0.15, 0.2) is 0 Å². The van der Waals surface area contributed by atoms with Gasteiger partial charge in [-0.1, -0.05) is 72.4 Å². The average molecular weight is 270 g/mol. The van der Waals surface area contributed by atoms with Crippen LogP contribution in [0.5, 0.6) is 0 Å². The summed E-state index contributed by atoms with van der Waals surface area (Å²) in [5, 5.41) is 0. The molecule has 0 N–H and O–H groups in total. The first-order valence-corrected chi connectivity index (χ1v) is 7.27. The zero-order valence-corrected chi connectivity index (χ0v) is 11.8. The summed E-state index contributed by atoms with van der Waals surface area (Å²) in [6, 6.07) is 20.7. The lowest BCUT2D eigenvalue weighted by molar-refractivity contribution is 0.140. The molecule has 98 valence electrons. The van der Waals surface area contributed by atoms with E-state index in [1.54, 1.807) is 11.8 Å². The van der Waals surface area contributed by atoms with Gasteiger partial charge in [0, 0.05) is 4.90 Å². The van der Waals surface area contributed by atoms with E-state index in [4.69, 9.17) is 4.74 Å². The maximum atomic E-state index is 5.95. The first-order valence-electron chi connectivity index (χ1n) is 6.39. The lowest BCUT2D eigenvalue weighted by Crippen LogP contribution is -2.00. The fraction of sp³-hybridized carbons (Fsp3) is 0.176. The monoisotopic (exact) mass is 270 g/mol. The van der Waals surface area contributed by atoms with Gasteiger partial charge in [0.25, 0.3) is 0 Å². The quantitative estimate of drug-likeness (QED) is 0.412. The van der Waals surface area contributed by atoms with Crippen molar-refractivity contribution in [2.75, 3.05) is 6.61 Å². The van der Waals surface area contributed by atoms with Gasteiger partial charge < -0.3 is 4.74 Å².